The van der Waals surface area contributed by atoms with Crippen LogP contribution in [0, 0.1) is 12.3 Å². The van der Waals surface area contributed by atoms with Crippen molar-refractivity contribution in [1.29, 1.82) is 0 Å². The van der Waals surface area contributed by atoms with Gasteiger partial charge < -0.3 is 15.4 Å². The highest BCUT2D eigenvalue weighted by Gasteiger charge is 2.25. The summed E-state index contributed by atoms with van der Waals surface area (Å²) in [6, 6.07) is -0.896. The van der Waals surface area contributed by atoms with Gasteiger partial charge in [0.2, 0.25) is 5.91 Å². The van der Waals surface area contributed by atoms with E-state index in [0.717, 1.165) is 0 Å². The second kappa shape index (κ2) is 7.69. The molecule has 0 saturated heterocycles. The van der Waals surface area contributed by atoms with Crippen LogP contribution in [0.25, 0.3) is 0 Å². The summed E-state index contributed by atoms with van der Waals surface area (Å²) in [4.78, 5) is 24.6. The number of amides is 1. The van der Waals surface area contributed by atoms with Gasteiger partial charge in [-0.3, -0.25) is 9.59 Å². The van der Waals surface area contributed by atoms with E-state index < -0.39 is 12.0 Å². The van der Waals surface area contributed by atoms with Crippen LogP contribution in [0.1, 0.15) is 27.2 Å². The van der Waals surface area contributed by atoms with Crippen molar-refractivity contribution in [2.75, 3.05) is 13.2 Å². The lowest BCUT2D eigenvalue weighted by Crippen LogP contribution is -2.49. The predicted molar refractivity (Wildman–Crippen MR) is 64.9 cm³/mol. The molecule has 0 spiro atoms. The van der Waals surface area contributed by atoms with E-state index in [-0.39, 0.29) is 31.5 Å². The molecule has 0 aromatic carbocycles. The van der Waals surface area contributed by atoms with Crippen molar-refractivity contribution in [3.8, 4) is 12.3 Å². The van der Waals surface area contributed by atoms with Gasteiger partial charge in [-0.25, -0.2) is 0 Å². The Bertz CT molecular complexity index is 307. The zero-order valence-electron chi connectivity index (χ0n) is 10.6. The van der Waals surface area contributed by atoms with Crippen molar-refractivity contribution >= 4 is 11.9 Å². The average molecular weight is 240 g/mol. The van der Waals surface area contributed by atoms with Crippen LogP contribution in [0.4, 0.5) is 0 Å². The number of esters is 1. The maximum absolute atomic E-state index is 11.9. The zero-order chi connectivity index (χ0) is 13.4. The number of nitrogens with zero attached hydrogens (tertiary/aromatic N) is 1. The monoisotopic (exact) mass is 240 g/mol. The number of ether oxygens (including phenoxy) is 1. The summed E-state index contributed by atoms with van der Waals surface area (Å²) < 4.78 is 4.80. The molecule has 96 valence electrons. The largest absolute Gasteiger partial charge is 0.465 e. The van der Waals surface area contributed by atoms with Gasteiger partial charge in [-0.1, -0.05) is 0 Å². The highest BCUT2D eigenvalue weighted by atomic mass is 16.5. The van der Waals surface area contributed by atoms with Gasteiger partial charge in [0, 0.05) is 12.5 Å². The minimum absolute atomic E-state index is 0.0946. The van der Waals surface area contributed by atoms with Crippen molar-refractivity contribution in [3.63, 3.8) is 0 Å². The Kier molecular flexibility index (Phi) is 6.99. The fourth-order valence-electron chi connectivity index (χ4n) is 1.29. The predicted octanol–water partition coefficient (Wildman–Crippen LogP) is 0.137. The topological polar surface area (TPSA) is 72.6 Å². The molecule has 0 fully saturated rings. The van der Waals surface area contributed by atoms with Crippen LogP contribution < -0.4 is 5.73 Å². The second-order valence-electron chi connectivity index (χ2n) is 3.88. The molecular formula is C12H20N2O3. The molecule has 0 aliphatic carbocycles. The average Bonchev–Trinajstić information content (AvgIpc) is 2.25. The van der Waals surface area contributed by atoms with Crippen LogP contribution in [-0.4, -0.2) is 42.0 Å². The molecule has 17 heavy (non-hydrogen) atoms. The van der Waals surface area contributed by atoms with Gasteiger partial charge in [0.1, 0.15) is 6.54 Å². The van der Waals surface area contributed by atoms with Gasteiger partial charge in [0.15, 0.2) is 0 Å². The molecule has 0 bridgehead atoms. The third-order valence-corrected chi connectivity index (χ3v) is 2.17. The number of carbonyl (C=O) groups excluding carboxylic acids is 2. The van der Waals surface area contributed by atoms with Gasteiger partial charge in [0.05, 0.1) is 12.6 Å². The SMILES string of the molecule is C#CCC(N)C(=O)N(CC(=O)OCC)C(C)C. The van der Waals surface area contributed by atoms with Crippen molar-refractivity contribution < 1.29 is 14.3 Å². The van der Waals surface area contributed by atoms with E-state index in [1.54, 1.807) is 20.8 Å². The van der Waals surface area contributed by atoms with Crippen LogP contribution in [0.15, 0.2) is 0 Å². The fraction of sp³-hybridized carbons (Fsp3) is 0.667. The first-order valence-electron chi connectivity index (χ1n) is 5.59. The van der Waals surface area contributed by atoms with Gasteiger partial charge in [0.25, 0.3) is 0 Å². The minimum atomic E-state index is -0.767. The lowest BCUT2D eigenvalue weighted by atomic mass is 10.1. The van der Waals surface area contributed by atoms with E-state index in [9.17, 15) is 9.59 Å². The Hall–Kier alpha value is -1.54. The summed E-state index contributed by atoms with van der Waals surface area (Å²) in [5.41, 5.74) is 5.63. The number of carbonyl (C=O) groups is 2. The first kappa shape index (κ1) is 15.5. The normalized spacial score (nSPS) is 11.8. The molecule has 1 atom stereocenters. The molecule has 0 radical (unpaired) electrons. The van der Waals surface area contributed by atoms with E-state index in [1.807, 2.05) is 0 Å². The van der Waals surface area contributed by atoms with Crippen LogP contribution in [0.5, 0.6) is 0 Å². The fourth-order valence-corrected chi connectivity index (χ4v) is 1.29. The molecular weight excluding hydrogens is 220 g/mol. The van der Waals surface area contributed by atoms with Gasteiger partial charge in [-0.2, -0.15) is 0 Å². The molecule has 1 amide bonds. The number of nitrogens with two attached hydrogens (primary N) is 1. The van der Waals surface area contributed by atoms with Crippen molar-refractivity contribution in [3.05, 3.63) is 0 Å². The van der Waals surface area contributed by atoms with E-state index in [1.165, 1.54) is 4.90 Å². The Balaban J connectivity index is 4.58. The molecule has 1 unspecified atom stereocenters. The number of terminal acetylenes is 1. The standard InChI is InChI=1S/C12H20N2O3/c1-5-7-10(13)12(16)14(9(3)4)8-11(15)17-6-2/h1,9-10H,6-8,13H2,2-4H3. The first-order chi connectivity index (χ1) is 7.93. The van der Waals surface area contributed by atoms with E-state index >= 15 is 0 Å². The lowest BCUT2D eigenvalue weighted by Gasteiger charge is -2.27. The Morgan fingerprint density at radius 2 is 2.06 bits per heavy atom. The van der Waals surface area contributed by atoms with Gasteiger partial charge in [-0.05, 0) is 20.8 Å². The Morgan fingerprint density at radius 3 is 2.47 bits per heavy atom. The van der Waals surface area contributed by atoms with Crippen LogP contribution in [0.3, 0.4) is 0 Å². The highest BCUT2D eigenvalue weighted by molar-refractivity contribution is 5.86. The van der Waals surface area contributed by atoms with E-state index in [4.69, 9.17) is 16.9 Å². The maximum atomic E-state index is 11.9. The summed E-state index contributed by atoms with van der Waals surface area (Å²) in [5.74, 6) is 1.56. The summed E-state index contributed by atoms with van der Waals surface area (Å²) in [6.07, 6.45) is 5.26. The smallest absolute Gasteiger partial charge is 0.325 e. The molecule has 0 rings (SSSR count). The summed E-state index contributed by atoms with van der Waals surface area (Å²) in [6.45, 7) is 5.51. The summed E-state index contributed by atoms with van der Waals surface area (Å²) in [7, 11) is 0. The summed E-state index contributed by atoms with van der Waals surface area (Å²) >= 11 is 0. The third kappa shape index (κ3) is 5.36. The van der Waals surface area contributed by atoms with Crippen molar-refractivity contribution in [2.45, 2.75) is 39.3 Å². The summed E-state index contributed by atoms with van der Waals surface area (Å²) in [5, 5.41) is 0. The molecule has 0 heterocycles. The minimum Gasteiger partial charge on any atom is -0.465 e. The molecule has 0 aliphatic heterocycles. The van der Waals surface area contributed by atoms with Gasteiger partial charge in [-0.15, -0.1) is 12.3 Å². The second-order valence-corrected chi connectivity index (χ2v) is 3.88. The van der Waals surface area contributed by atoms with Crippen LogP contribution in [-0.2, 0) is 14.3 Å². The van der Waals surface area contributed by atoms with Crippen LogP contribution >= 0.6 is 0 Å². The van der Waals surface area contributed by atoms with E-state index in [2.05, 4.69) is 5.92 Å². The molecule has 2 N–H and O–H groups in total. The van der Waals surface area contributed by atoms with Crippen molar-refractivity contribution in [2.24, 2.45) is 5.73 Å². The van der Waals surface area contributed by atoms with Gasteiger partial charge >= 0.3 is 5.97 Å². The third-order valence-electron chi connectivity index (χ3n) is 2.17. The molecule has 0 aromatic rings. The number of rotatable bonds is 6. The number of hydrogen-bond acceptors (Lipinski definition) is 4. The molecule has 5 heteroatoms. The highest BCUT2D eigenvalue weighted by Crippen LogP contribution is 2.03. The first-order valence-corrected chi connectivity index (χ1v) is 5.59. The molecule has 0 saturated carbocycles. The van der Waals surface area contributed by atoms with E-state index in [0.29, 0.717) is 0 Å². The Labute approximate surface area is 102 Å². The molecule has 0 aromatic heterocycles. The van der Waals surface area contributed by atoms with Crippen molar-refractivity contribution in [1.82, 2.24) is 4.90 Å². The molecule has 5 nitrogen and oxygen atoms in total. The lowest BCUT2D eigenvalue weighted by molar-refractivity contribution is -0.150. The number of hydrogen-bond donors (Lipinski definition) is 1. The Morgan fingerprint density at radius 1 is 1.47 bits per heavy atom. The molecule has 0 aliphatic rings. The maximum Gasteiger partial charge on any atom is 0.325 e. The quantitative estimate of drug-likeness (QED) is 0.529. The van der Waals surface area contributed by atoms with Crippen LogP contribution in [0.2, 0.25) is 0 Å². The zero-order valence-corrected chi connectivity index (χ0v) is 10.6.